The van der Waals surface area contributed by atoms with Crippen LogP contribution in [0.1, 0.15) is 47.5 Å². The van der Waals surface area contributed by atoms with E-state index >= 15 is 0 Å². The number of anilines is 1. The van der Waals surface area contributed by atoms with Crippen molar-refractivity contribution in [3.8, 4) is 0 Å². The fourth-order valence-corrected chi connectivity index (χ4v) is 3.80. The van der Waals surface area contributed by atoms with Crippen LogP contribution in [-0.4, -0.2) is 43.5 Å². The molecule has 0 saturated carbocycles. The molecule has 5 nitrogen and oxygen atoms in total. The van der Waals surface area contributed by atoms with Crippen LogP contribution in [0.5, 0.6) is 0 Å². The minimum absolute atomic E-state index is 0.103. The van der Waals surface area contributed by atoms with Crippen LogP contribution in [0.25, 0.3) is 0 Å². The van der Waals surface area contributed by atoms with Crippen molar-refractivity contribution in [1.29, 1.82) is 0 Å². The molecule has 0 saturated heterocycles. The van der Waals surface area contributed by atoms with Crippen molar-refractivity contribution in [2.45, 2.75) is 45.6 Å². The lowest BCUT2D eigenvalue weighted by atomic mass is 9.95. The third-order valence-electron chi connectivity index (χ3n) is 4.04. The molecule has 0 fully saturated rings. The fourth-order valence-electron chi connectivity index (χ4n) is 2.52. The van der Waals surface area contributed by atoms with Crippen LogP contribution in [0.2, 0.25) is 0 Å². The van der Waals surface area contributed by atoms with E-state index in [4.69, 9.17) is 4.74 Å². The van der Waals surface area contributed by atoms with Crippen molar-refractivity contribution >= 4 is 28.2 Å². The maximum Gasteiger partial charge on any atom is 0.341 e. The smallest absolute Gasteiger partial charge is 0.341 e. The number of amides is 1. The molecule has 6 heteroatoms. The molecule has 0 radical (unpaired) electrons. The first kappa shape index (κ1) is 17.0. The van der Waals surface area contributed by atoms with Gasteiger partial charge >= 0.3 is 5.97 Å². The second-order valence-corrected chi connectivity index (χ2v) is 6.87. The van der Waals surface area contributed by atoms with Gasteiger partial charge in [0.1, 0.15) is 5.00 Å². The summed E-state index contributed by atoms with van der Waals surface area (Å²) in [5.41, 5.74) is 1.64. The van der Waals surface area contributed by atoms with Crippen LogP contribution >= 0.6 is 11.3 Å². The Bertz CT molecular complexity index is 566. The Morgan fingerprint density at radius 3 is 2.64 bits per heavy atom. The van der Waals surface area contributed by atoms with Gasteiger partial charge in [-0.1, -0.05) is 0 Å². The third-order valence-corrected chi connectivity index (χ3v) is 5.25. The Hall–Kier alpha value is -1.40. The van der Waals surface area contributed by atoms with E-state index in [0.29, 0.717) is 17.2 Å². The van der Waals surface area contributed by atoms with Gasteiger partial charge in [0, 0.05) is 4.88 Å². The first-order chi connectivity index (χ1) is 10.5. The Kier molecular flexibility index (Phi) is 5.58. The van der Waals surface area contributed by atoms with E-state index in [1.54, 1.807) is 6.92 Å². The van der Waals surface area contributed by atoms with E-state index in [0.717, 1.165) is 31.2 Å². The Balaban J connectivity index is 2.32. The van der Waals surface area contributed by atoms with E-state index in [2.05, 4.69) is 5.32 Å². The number of thiophene rings is 1. The number of nitrogens with one attached hydrogen (secondary N) is 1. The predicted octanol–water partition coefficient (Wildman–Crippen LogP) is 2.69. The van der Waals surface area contributed by atoms with Gasteiger partial charge in [-0.15, -0.1) is 11.3 Å². The number of carbonyl (C=O) groups excluding carboxylic acids is 2. The van der Waals surface area contributed by atoms with Crippen LogP contribution in [0.15, 0.2) is 0 Å². The number of carbonyl (C=O) groups is 2. The van der Waals surface area contributed by atoms with Gasteiger partial charge in [-0.25, -0.2) is 4.79 Å². The molecular formula is C16H24N2O3S. The van der Waals surface area contributed by atoms with Gasteiger partial charge in [-0.3, -0.25) is 9.69 Å². The van der Waals surface area contributed by atoms with Crippen molar-refractivity contribution in [2.75, 3.05) is 26.0 Å². The average molecular weight is 324 g/mol. The summed E-state index contributed by atoms with van der Waals surface area (Å²) in [4.78, 5) is 27.7. The molecule has 1 aliphatic rings. The first-order valence-corrected chi connectivity index (χ1v) is 8.56. The summed E-state index contributed by atoms with van der Waals surface area (Å²) in [6.07, 6.45) is 4.08. The first-order valence-electron chi connectivity index (χ1n) is 7.74. The number of hydrogen-bond acceptors (Lipinski definition) is 5. The lowest BCUT2D eigenvalue weighted by molar-refractivity contribution is -0.119. The number of nitrogens with zero attached hydrogens (tertiary/aromatic N) is 1. The summed E-state index contributed by atoms with van der Waals surface area (Å²) >= 11 is 1.52. The van der Waals surface area contributed by atoms with E-state index in [9.17, 15) is 9.59 Å². The summed E-state index contributed by atoms with van der Waals surface area (Å²) in [6, 6.07) is -0.255. The zero-order chi connectivity index (χ0) is 16.3. The van der Waals surface area contributed by atoms with Crippen molar-refractivity contribution in [2.24, 2.45) is 0 Å². The quantitative estimate of drug-likeness (QED) is 0.846. The average Bonchev–Trinajstić information content (AvgIpc) is 2.84. The van der Waals surface area contributed by atoms with Gasteiger partial charge in [0.05, 0.1) is 18.2 Å². The molecule has 2 rings (SSSR count). The van der Waals surface area contributed by atoms with E-state index in [-0.39, 0.29) is 17.9 Å². The molecular weight excluding hydrogens is 300 g/mol. The molecule has 0 aliphatic heterocycles. The molecule has 1 aliphatic carbocycles. The topological polar surface area (TPSA) is 58.6 Å². The summed E-state index contributed by atoms with van der Waals surface area (Å²) < 4.78 is 5.19. The molecule has 1 amide bonds. The Morgan fingerprint density at radius 2 is 2.00 bits per heavy atom. The largest absolute Gasteiger partial charge is 0.462 e. The molecule has 22 heavy (non-hydrogen) atoms. The van der Waals surface area contributed by atoms with Gasteiger partial charge in [0.15, 0.2) is 0 Å². The van der Waals surface area contributed by atoms with E-state index in [1.165, 1.54) is 16.2 Å². The molecule has 1 atom stereocenters. The highest BCUT2D eigenvalue weighted by atomic mass is 32.1. The zero-order valence-corrected chi connectivity index (χ0v) is 14.5. The summed E-state index contributed by atoms with van der Waals surface area (Å²) in [5.74, 6) is -0.427. The van der Waals surface area contributed by atoms with Crippen LogP contribution in [0.4, 0.5) is 5.00 Å². The number of fused-ring (bicyclic) bond motifs is 1. The van der Waals surface area contributed by atoms with Gasteiger partial charge in [0.2, 0.25) is 5.91 Å². The molecule has 0 bridgehead atoms. The number of aryl methyl sites for hydroxylation is 1. The van der Waals surface area contributed by atoms with Crippen molar-refractivity contribution in [1.82, 2.24) is 4.90 Å². The second-order valence-electron chi connectivity index (χ2n) is 5.76. The van der Waals surface area contributed by atoms with E-state index in [1.807, 2.05) is 25.9 Å². The lowest BCUT2D eigenvalue weighted by Gasteiger charge is -2.18. The van der Waals surface area contributed by atoms with Crippen molar-refractivity contribution in [3.63, 3.8) is 0 Å². The van der Waals surface area contributed by atoms with Gasteiger partial charge in [0.25, 0.3) is 0 Å². The molecule has 1 heterocycles. The standard InChI is InChI=1S/C16H24N2O3S/c1-5-21-16(20)13-11-8-6-7-9-12(11)22-15(13)17-14(19)10(2)18(3)4/h10H,5-9H2,1-4H3,(H,17,19)/t10-/m1/s1. The minimum atomic E-state index is -0.324. The molecule has 1 N–H and O–H groups in total. The van der Waals surface area contributed by atoms with Crippen LogP contribution in [0, 0.1) is 0 Å². The molecule has 1 aromatic rings. The van der Waals surface area contributed by atoms with Crippen molar-refractivity contribution < 1.29 is 14.3 Å². The van der Waals surface area contributed by atoms with Gasteiger partial charge in [-0.2, -0.15) is 0 Å². The Labute approximate surface area is 135 Å². The summed E-state index contributed by atoms with van der Waals surface area (Å²) in [7, 11) is 3.71. The summed E-state index contributed by atoms with van der Waals surface area (Å²) in [6.45, 7) is 3.97. The molecule has 0 spiro atoms. The number of ether oxygens (including phenoxy) is 1. The number of hydrogen-bond donors (Lipinski definition) is 1. The predicted molar refractivity (Wildman–Crippen MR) is 88.7 cm³/mol. The van der Waals surface area contributed by atoms with Gasteiger partial charge < -0.3 is 10.1 Å². The highest BCUT2D eigenvalue weighted by molar-refractivity contribution is 7.17. The summed E-state index contributed by atoms with van der Waals surface area (Å²) in [5, 5.41) is 3.57. The lowest BCUT2D eigenvalue weighted by Crippen LogP contribution is -2.37. The normalized spacial score (nSPS) is 15.3. The monoisotopic (exact) mass is 324 g/mol. The molecule has 0 aromatic carbocycles. The number of likely N-dealkylation sites (N-methyl/N-ethyl adjacent to an activating group) is 1. The number of esters is 1. The molecule has 0 unspecified atom stereocenters. The van der Waals surface area contributed by atoms with E-state index < -0.39 is 0 Å². The third kappa shape index (κ3) is 3.50. The maximum atomic E-state index is 12.3. The minimum Gasteiger partial charge on any atom is -0.462 e. The molecule has 122 valence electrons. The SMILES string of the molecule is CCOC(=O)c1c(NC(=O)[C@@H](C)N(C)C)sc2c1CCCC2. The van der Waals surface area contributed by atoms with Crippen LogP contribution in [0.3, 0.4) is 0 Å². The maximum absolute atomic E-state index is 12.3. The Morgan fingerprint density at radius 1 is 1.32 bits per heavy atom. The highest BCUT2D eigenvalue weighted by Crippen LogP contribution is 2.38. The zero-order valence-electron chi connectivity index (χ0n) is 13.7. The second kappa shape index (κ2) is 7.24. The van der Waals surface area contributed by atoms with Crippen LogP contribution in [-0.2, 0) is 22.4 Å². The fraction of sp³-hybridized carbons (Fsp3) is 0.625. The number of rotatable bonds is 5. The van der Waals surface area contributed by atoms with Crippen molar-refractivity contribution in [3.05, 3.63) is 16.0 Å². The van der Waals surface area contributed by atoms with Crippen LogP contribution < -0.4 is 5.32 Å². The van der Waals surface area contributed by atoms with Gasteiger partial charge in [-0.05, 0) is 59.2 Å². The highest BCUT2D eigenvalue weighted by Gasteiger charge is 2.28. The molecule has 1 aromatic heterocycles.